The van der Waals surface area contributed by atoms with Crippen molar-refractivity contribution in [2.45, 2.75) is 13.3 Å². The number of aliphatic imine (C=N–C) groups is 1. The molecule has 0 bridgehead atoms. The standard InChI is InChI=1S/C20H32FN5O2.HI/c1-4-28-15-5-10-22-20(23-16-19(27)24(2)3)26-13-11-25(12-14-26)18-8-6-17(21)7-9-18;/h6-9H,4-5,10-16H2,1-3H3,(H,22,23);1H. The first-order chi connectivity index (χ1) is 13.5. The minimum absolute atomic E-state index is 0. The van der Waals surface area contributed by atoms with Gasteiger partial charge in [0.15, 0.2) is 5.96 Å². The van der Waals surface area contributed by atoms with Crippen LogP contribution in [0.4, 0.5) is 10.1 Å². The maximum atomic E-state index is 13.1. The molecule has 0 radical (unpaired) electrons. The monoisotopic (exact) mass is 521 g/mol. The summed E-state index contributed by atoms with van der Waals surface area (Å²) in [6.07, 6.45) is 0.879. The van der Waals surface area contributed by atoms with Crippen LogP contribution < -0.4 is 10.2 Å². The predicted octanol–water partition coefficient (Wildman–Crippen LogP) is 2.03. The lowest BCUT2D eigenvalue weighted by Crippen LogP contribution is -2.53. The summed E-state index contributed by atoms with van der Waals surface area (Å²) in [4.78, 5) is 22.4. The third-order valence-corrected chi connectivity index (χ3v) is 4.59. The van der Waals surface area contributed by atoms with Crippen LogP contribution in [0.5, 0.6) is 0 Å². The average Bonchev–Trinajstić information content (AvgIpc) is 2.70. The molecule has 1 aliphatic heterocycles. The van der Waals surface area contributed by atoms with Crippen LogP contribution in [0.15, 0.2) is 29.3 Å². The lowest BCUT2D eigenvalue weighted by molar-refractivity contribution is -0.127. The second kappa shape index (κ2) is 13.6. The van der Waals surface area contributed by atoms with Gasteiger partial charge in [-0.05, 0) is 37.6 Å². The third-order valence-electron chi connectivity index (χ3n) is 4.59. The van der Waals surface area contributed by atoms with Gasteiger partial charge in [0.1, 0.15) is 12.4 Å². The van der Waals surface area contributed by atoms with Crippen LogP contribution in [-0.2, 0) is 9.53 Å². The highest BCUT2D eigenvalue weighted by molar-refractivity contribution is 14.0. The maximum Gasteiger partial charge on any atom is 0.243 e. The molecule has 164 valence electrons. The van der Waals surface area contributed by atoms with Crippen molar-refractivity contribution in [2.24, 2.45) is 4.99 Å². The second-order valence-corrected chi connectivity index (χ2v) is 6.86. The van der Waals surface area contributed by atoms with Gasteiger partial charge < -0.3 is 24.8 Å². The minimum atomic E-state index is -0.224. The molecule has 2 rings (SSSR count). The molecule has 29 heavy (non-hydrogen) atoms. The third kappa shape index (κ3) is 8.73. The van der Waals surface area contributed by atoms with E-state index in [9.17, 15) is 9.18 Å². The van der Waals surface area contributed by atoms with Gasteiger partial charge in [0.2, 0.25) is 5.91 Å². The van der Waals surface area contributed by atoms with E-state index in [4.69, 9.17) is 4.74 Å². The number of piperazine rings is 1. The van der Waals surface area contributed by atoms with Crippen LogP contribution >= 0.6 is 24.0 Å². The normalized spacial score (nSPS) is 14.4. The molecule has 1 amide bonds. The Kier molecular flexibility index (Phi) is 11.9. The van der Waals surface area contributed by atoms with E-state index in [0.717, 1.165) is 50.8 Å². The number of amides is 1. The first-order valence-corrected chi connectivity index (χ1v) is 9.83. The summed E-state index contributed by atoms with van der Waals surface area (Å²) in [5.74, 6) is 0.502. The molecule has 7 nitrogen and oxygen atoms in total. The summed E-state index contributed by atoms with van der Waals surface area (Å²) in [6.45, 7) is 7.45. The number of ether oxygens (including phenoxy) is 1. The molecule has 1 saturated heterocycles. The van der Waals surface area contributed by atoms with Gasteiger partial charge in [0.25, 0.3) is 0 Å². The van der Waals surface area contributed by atoms with Crippen molar-refractivity contribution in [3.05, 3.63) is 30.1 Å². The molecule has 9 heteroatoms. The van der Waals surface area contributed by atoms with Crippen LogP contribution in [0.3, 0.4) is 0 Å². The topological polar surface area (TPSA) is 60.4 Å². The predicted molar refractivity (Wildman–Crippen MR) is 126 cm³/mol. The number of guanidine groups is 1. The molecule has 1 fully saturated rings. The summed E-state index contributed by atoms with van der Waals surface area (Å²) >= 11 is 0. The van der Waals surface area contributed by atoms with E-state index < -0.39 is 0 Å². The number of hydrogen-bond donors (Lipinski definition) is 1. The van der Waals surface area contributed by atoms with Gasteiger partial charge in [-0.2, -0.15) is 0 Å². The first-order valence-electron chi connectivity index (χ1n) is 9.83. The molecule has 0 aliphatic carbocycles. The molecule has 0 atom stereocenters. The van der Waals surface area contributed by atoms with Crippen molar-refractivity contribution >= 4 is 41.5 Å². The van der Waals surface area contributed by atoms with E-state index in [0.29, 0.717) is 13.2 Å². The zero-order valence-corrected chi connectivity index (χ0v) is 19.9. The molecule has 1 aromatic rings. The van der Waals surface area contributed by atoms with Crippen molar-refractivity contribution in [2.75, 3.05) is 71.5 Å². The summed E-state index contributed by atoms with van der Waals surface area (Å²) in [5.41, 5.74) is 1.02. The fourth-order valence-electron chi connectivity index (χ4n) is 2.90. The number of hydrogen-bond acceptors (Lipinski definition) is 4. The number of carbonyl (C=O) groups excluding carboxylic acids is 1. The van der Waals surface area contributed by atoms with E-state index in [1.165, 1.54) is 12.1 Å². The Hall–Kier alpha value is -1.62. The fourth-order valence-corrected chi connectivity index (χ4v) is 2.90. The van der Waals surface area contributed by atoms with E-state index >= 15 is 0 Å². The molecule has 0 aromatic heterocycles. The fraction of sp³-hybridized carbons (Fsp3) is 0.600. The molecule has 0 spiro atoms. The van der Waals surface area contributed by atoms with Crippen molar-refractivity contribution in [3.63, 3.8) is 0 Å². The Labute approximate surface area is 190 Å². The maximum absolute atomic E-state index is 13.1. The van der Waals surface area contributed by atoms with Gasteiger partial charge in [-0.3, -0.25) is 4.79 Å². The highest BCUT2D eigenvalue weighted by Crippen LogP contribution is 2.17. The van der Waals surface area contributed by atoms with Gasteiger partial charge in [-0.15, -0.1) is 24.0 Å². The number of anilines is 1. The van der Waals surface area contributed by atoms with E-state index in [1.807, 2.05) is 19.1 Å². The Bertz CT molecular complexity index is 634. The Morgan fingerprint density at radius 1 is 1.21 bits per heavy atom. The molecule has 0 saturated carbocycles. The number of nitrogens with one attached hydrogen (secondary N) is 1. The highest BCUT2D eigenvalue weighted by Gasteiger charge is 2.20. The zero-order chi connectivity index (χ0) is 20.4. The van der Waals surface area contributed by atoms with Crippen molar-refractivity contribution in [1.29, 1.82) is 0 Å². The molecule has 0 unspecified atom stereocenters. The van der Waals surface area contributed by atoms with Crippen molar-refractivity contribution in [1.82, 2.24) is 15.1 Å². The van der Waals surface area contributed by atoms with Gasteiger partial charge in [-0.1, -0.05) is 0 Å². The molecular weight excluding hydrogens is 488 g/mol. The van der Waals surface area contributed by atoms with Gasteiger partial charge in [0, 0.05) is 65.7 Å². The number of benzene rings is 1. The van der Waals surface area contributed by atoms with Crippen molar-refractivity contribution in [3.8, 4) is 0 Å². The lowest BCUT2D eigenvalue weighted by atomic mass is 10.2. The average molecular weight is 521 g/mol. The first kappa shape index (κ1) is 25.4. The van der Waals surface area contributed by atoms with Crippen LogP contribution in [0.1, 0.15) is 13.3 Å². The largest absolute Gasteiger partial charge is 0.382 e. The summed E-state index contributed by atoms with van der Waals surface area (Å²) in [7, 11) is 3.46. The smallest absolute Gasteiger partial charge is 0.243 e. The number of nitrogens with zero attached hydrogens (tertiary/aromatic N) is 4. The summed E-state index contributed by atoms with van der Waals surface area (Å²) in [6, 6.07) is 6.59. The van der Waals surface area contributed by atoms with Crippen LogP contribution in [0.2, 0.25) is 0 Å². The highest BCUT2D eigenvalue weighted by atomic mass is 127. The van der Waals surface area contributed by atoms with Gasteiger partial charge >= 0.3 is 0 Å². The number of halogens is 2. The second-order valence-electron chi connectivity index (χ2n) is 6.86. The van der Waals surface area contributed by atoms with E-state index in [1.54, 1.807) is 19.0 Å². The Morgan fingerprint density at radius 3 is 2.45 bits per heavy atom. The SMILES string of the molecule is CCOCCCNC(=NCC(=O)N(C)C)N1CCN(c2ccc(F)cc2)CC1.I. The number of rotatable bonds is 8. The minimum Gasteiger partial charge on any atom is -0.382 e. The quantitative estimate of drug-likeness (QED) is 0.246. The molecule has 1 aromatic carbocycles. The molecule has 1 N–H and O–H groups in total. The Morgan fingerprint density at radius 2 is 1.86 bits per heavy atom. The van der Waals surface area contributed by atoms with Gasteiger partial charge in [0.05, 0.1) is 0 Å². The molecule has 1 aliphatic rings. The van der Waals surface area contributed by atoms with E-state index in [-0.39, 0.29) is 42.2 Å². The summed E-state index contributed by atoms with van der Waals surface area (Å²) in [5, 5.41) is 3.36. The van der Waals surface area contributed by atoms with E-state index in [2.05, 4.69) is 20.1 Å². The van der Waals surface area contributed by atoms with Crippen LogP contribution in [0.25, 0.3) is 0 Å². The lowest BCUT2D eigenvalue weighted by Gasteiger charge is -2.37. The molecular formula is C20H33FIN5O2. The summed E-state index contributed by atoms with van der Waals surface area (Å²) < 4.78 is 18.5. The van der Waals surface area contributed by atoms with Crippen molar-refractivity contribution < 1.29 is 13.9 Å². The number of carbonyl (C=O) groups is 1. The molecule has 1 heterocycles. The van der Waals surface area contributed by atoms with Crippen LogP contribution in [-0.4, -0.2) is 88.2 Å². The number of likely N-dealkylation sites (N-methyl/N-ethyl adjacent to an activating group) is 1. The van der Waals surface area contributed by atoms with Crippen LogP contribution in [0, 0.1) is 5.82 Å². The van der Waals surface area contributed by atoms with Gasteiger partial charge in [-0.25, -0.2) is 9.38 Å². The Balaban J connectivity index is 0.00000420. The zero-order valence-electron chi connectivity index (χ0n) is 17.6.